The van der Waals surface area contributed by atoms with E-state index >= 15 is 0 Å². The third-order valence-electron chi connectivity index (χ3n) is 1.47. The summed E-state index contributed by atoms with van der Waals surface area (Å²) >= 11 is 6.88. The van der Waals surface area contributed by atoms with E-state index in [1.165, 1.54) is 4.88 Å². The molecule has 0 N–H and O–H groups in total. The van der Waals surface area contributed by atoms with Gasteiger partial charge >= 0.3 is 0 Å². The van der Waals surface area contributed by atoms with E-state index in [4.69, 9.17) is 0 Å². The number of thiophene rings is 1. The normalized spacial score (nSPS) is 10.5. The zero-order valence-electron chi connectivity index (χ0n) is 6.37. The highest BCUT2D eigenvalue weighted by molar-refractivity contribution is 9.11. The Morgan fingerprint density at radius 2 is 2.33 bits per heavy atom. The first-order valence-corrected chi connectivity index (χ1v) is 5.93. The van der Waals surface area contributed by atoms with Crippen molar-refractivity contribution in [3.8, 4) is 9.88 Å². The Morgan fingerprint density at radius 1 is 1.50 bits per heavy atom. The van der Waals surface area contributed by atoms with E-state index < -0.39 is 0 Å². The molecule has 0 aliphatic heterocycles. The van der Waals surface area contributed by atoms with Gasteiger partial charge in [0.2, 0.25) is 0 Å². The molecule has 2 aromatic rings. The molecule has 62 valence electrons. The second kappa shape index (κ2) is 3.28. The molecule has 0 bridgehead atoms. The van der Waals surface area contributed by atoms with E-state index in [0.29, 0.717) is 0 Å². The van der Waals surface area contributed by atoms with E-state index in [0.717, 1.165) is 14.5 Å². The summed E-state index contributed by atoms with van der Waals surface area (Å²) in [7, 11) is 0. The van der Waals surface area contributed by atoms with Crippen molar-refractivity contribution >= 4 is 38.6 Å². The molecule has 0 radical (unpaired) electrons. The first-order valence-electron chi connectivity index (χ1n) is 3.44. The van der Waals surface area contributed by atoms with Crippen LogP contribution in [0.1, 0.15) is 5.69 Å². The summed E-state index contributed by atoms with van der Waals surface area (Å²) in [6, 6.07) is 4.14. The standard InChI is InChI=1S/C8H6BrNS2/c1-5-7(9)12-8(10-5)6-3-2-4-11-6/h2-4H,1H3. The maximum Gasteiger partial charge on any atom is 0.134 e. The highest BCUT2D eigenvalue weighted by Crippen LogP contribution is 2.33. The lowest BCUT2D eigenvalue weighted by atomic mass is 10.5. The van der Waals surface area contributed by atoms with E-state index in [-0.39, 0.29) is 0 Å². The Balaban J connectivity index is 2.48. The van der Waals surface area contributed by atoms with Crippen molar-refractivity contribution in [1.82, 2.24) is 4.98 Å². The molecule has 0 spiro atoms. The zero-order valence-corrected chi connectivity index (χ0v) is 9.59. The van der Waals surface area contributed by atoms with Gasteiger partial charge in [-0.3, -0.25) is 0 Å². The minimum atomic E-state index is 1.07. The van der Waals surface area contributed by atoms with Crippen molar-refractivity contribution in [2.45, 2.75) is 6.92 Å². The number of hydrogen-bond acceptors (Lipinski definition) is 3. The number of thiazole rings is 1. The quantitative estimate of drug-likeness (QED) is 0.756. The van der Waals surface area contributed by atoms with Crippen LogP contribution in [-0.4, -0.2) is 4.98 Å². The van der Waals surface area contributed by atoms with Gasteiger partial charge in [-0.1, -0.05) is 6.07 Å². The minimum Gasteiger partial charge on any atom is -0.239 e. The highest BCUT2D eigenvalue weighted by Gasteiger charge is 2.06. The lowest BCUT2D eigenvalue weighted by molar-refractivity contribution is 1.26. The van der Waals surface area contributed by atoms with E-state index in [1.54, 1.807) is 22.7 Å². The molecule has 2 rings (SSSR count). The predicted molar refractivity (Wildman–Crippen MR) is 57.9 cm³/mol. The number of nitrogens with zero attached hydrogens (tertiary/aromatic N) is 1. The number of hydrogen-bond donors (Lipinski definition) is 0. The molecule has 2 aromatic heterocycles. The van der Waals surface area contributed by atoms with Gasteiger partial charge in [0.25, 0.3) is 0 Å². The van der Waals surface area contributed by atoms with Crippen LogP contribution in [0.2, 0.25) is 0 Å². The molecule has 12 heavy (non-hydrogen) atoms. The molecule has 0 aliphatic carbocycles. The molecule has 1 nitrogen and oxygen atoms in total. The summed E-state index contributed by atoms with van der Waals surface area (Å²) in [5.74, 6) is 0. The van der Waals surface area contributed by atoms with E-state index in [2.05, 4.69) is 32.4 Å². The van der Waals surface area contributed by atoms with Crippen LogP contribution >= 0.6 is 38.6 Å². The summed E-state index contributed by atoms with van der Waals surface area (Å²) < 4.78 is 1.13. The van der Waals surface area contributed by atoms with Gasteiger partial charge in [0.15, 0.2) is 0 Å². The highest BCUT2D eigenvalue weighted by atomic mass is 79.9. The summed E-state index contributed by atoms with van der Waals surface area (Å²) in [6.07, 6.45) is 0. The van der Waals surface area contributed by atoms with Gasteiger partial charge in [0, 0.05) is 0 Å². The largest absolute Gasteiger partial charge is 0.239 e. The van der Waals surface area contributed by atoms with E-state index in [1.807, 2.05) is 13.0 Å². The van der Waals surface area contributed by atoms with Crippen LogP contribution < -0.4 is 0 Å². The predicted octanol–water partition coefficient (Wildman–Crippen LogP) is 3.94. The van der Waals surface area contributed by atoms with Crippen LogP contribution in [0.3, 0.4) is 0 Å². The summed E-state index contributed by atoms with van der Waals surface area (Å²) in [4.78, 5) is 5.68. The molecular formula is C8H6BrNS2. The Bertz CT molecular complexity index is 358. The van der Waals surface area contributed by atoms with Gasteiger partial charge in [-0.15, -0.1) is 22.7 Å². The average molecular weight is 260 g/mol. The zero-order chi connectivity index (χ0) is 8.55. The first kappa shape index (κ1) is 8.41. The maximum atomic E-state index is 4.43. The van der Waals surface area contributed by atoms with Crippen LogP contribution in [0.5, 0.6) is 0 Å². The van der Waals surface area contributed by atoms with Crippen LogP contribution in [0, 0.1) is 6.92 Å². The number of aromatic nitrogens is 1. The fourth-order valence-electron chi connectivity index (χ4n) is 0.883. The number of halogens is 1. The van der Waals surface area contributed by atoms with Crippen molar-refractivity contribution in [2.75, 3.05) is 0 Å². The third kappa shape index (κ3) is 1.46. The molecule has 2 heterocycles. The summed E-state index contributed by atoms with van der Waals surface area (Å²) in [5, 5.41) is 3.18. The Kier molecular flexibility index (Phi) is 2.30. The van der Waals surface area contributed by atoms with Gasteiger partial charge < -0.3 is 0 Å². The van der Waals surface area contributed by atoms with Crippen molar-refractivity contribution in [2.24, 2.45) is 0 Å². The Morgan fingerprint density at radius 3 is 2.83 bits per heavy atom. The van der Waals surface area contributed by atoms with Crippen molar-refractivity contribution in [3.05, 3.63) is 27.0 Å². The molecule has 0 fully saturated rings. The molecule has 0 atom stereocenters. The van der Waals surface area contributed by atoms with Crippen LogP contribution in [0.25, 0.3) is 9.88 Å². The Hall–Kier alpha value is -0.190. The second-order valence-corrected chi connectivity index (χ2v) is 5.62. The monoisotopic (exact) mass is 259 g/mol. The summed E-state index contributed by atoms with van der Waals surface area (Å²) in [6.45, 7) is 2.01. The van der Waals surface area contributed by atoms with Crippen LogP contribution in [0.15, 0.2) is 21.3 Å². The Labute approximate surface area is 87.2 Å². The lowest BCUT2D eigenvalue weighted by Crippen LogP contribution is -1.70. The van der Waals surface area contributed by atoms with E-state index in [9.17, 15) is 0 Å². The average Bonchev–Trinajstić information content (AvgIpc) is 2.61. The first-order chi connectivity index (χ1) is 5.77. The molecule has 0 aromatic carbocycles. The molecule has 0 amide bonds. The van der Waals surface area contributed by atoms with Crippen LogP contribution in [0.4, 0.5) is 0 Å². The van der Waals surface area contributed by atoms with Crippen LogP contribution in [-0.2, 0) is 0 Å². The van der Waals surface area contributed by atoms with Crippen molar-refractivity contribution < 1.29 is 0 Å². The molecule has 0 aliphatic rings. The molecule has 0 unspecified atom stereocenters. The fourth-order valence-corrected chi connectivity index (χ4v) is 3.02. The summed E-state index contributed by atoms with van der Waals surface area (Å²) in [5.41, 5.74) is 1.07. The SMILES string of the molecule is Cc1nc(-c2cccs2)sc1Br. The van der Waals surface area contributed by atoms with Gasteiger partial charge in [0.1, 0.15) is 5.01 Å². The fraction of sp³-hybridized carbons (Fsp3) is 0.125. The topological polar surface area (TPSA) is 12.9 Å². The maximum absolute atomic E-state index is 4.43. The molecular weight excluding hydrogens is 254 g/mol. The van der Waals surface area contributed by atoms with Crippen molar-refractivity contribution in [1.29, 1.82) is 0 Å². The van der Waals surface area contributed by atoms with Crippen molar-refractivity contribution in [3.63, 3.8) is 0 Å². The van der Waals surface area contributed by atoms with Gasteiger partial charge in [-0.25, -0.2) is 4.98 Å². The molecule has 4 heteroatoms. The van der Waals surface area contributed by atoms with Gasteiger partial charge in [0.05, 0.1) is 14.4 Å². The number of aryl methyl sites for hydroxylation is 1. The molecule has 0 saturated carbocycles. The third-order valence-corrected chi connectivity index (χ3v) is 4.52. The minimum absolute atomic E-state index is 1.07. The number of rotatable bonds is 1. The molecule has 0 saturated heterocycles. The second-order valence-electron chi connectivity index (χ2n) is 2.36. The van der Waals surface area contributed by atoms with Gasteiger partial charge in [-0.05, 0) is 34.3 Å². The lowest BCUT2D eigenvalue weighted by Gasteiger charge is -1.84. The van der Waals surface area contributed by atoms with Gasteiger partial charge in [-0.2, -0.15) is 0 Å². The smallest absolute Gasteiger partial charge is 0.134 e.